The number of fused-ring (bicyclic) bond motifs is 1. The third kappa shape index (κ3) is 4.27. The van der Waals surface area contributed by atoms with E-state index < -0.39 is 18.0 Å². The van der Waals surface area contributed by atoms with Crippen molar-refractivity contribution < 1.29 is 19.8 Å². The van der Waals surface area contributed by atoms with E-state index in [2.05, 4.69) is 29.2 Å². The molecule has 0 bridgehead atoms. The molecule has 1 unspecified atom stereocenters. The molecule has 2 heterocycles. The van der Waals surface area contributed by atoms with Crippen LogP contribution in [0.5, 0.6) is 0 Å². The molecular weight excluding hydrogens is 454 g/mol. The smallest absolute Gasteiger partial charge is 0.352 e. The molecule has 1 saturated heterocycles. The van der Waals surface area contributed by atoms with Crippen molar-refractivity contribution >= 4 is 22.8 Å². The van der Waals surface area contributed by atoms with Gasteiger partial charge in [-0.05, 0) is 17.2 Å². The van der Waals surface area contributed by atoms with E-state index in [1.54, 1.807) is 11.6 Å². The average molecular weight is 484 g/mol. The number of rotatable bonds is 7. The maximum atomic E-state index is 12.6. The third-order valence-electron chi connectivity index (χ3n) is 7.17. The number of aromatic nitrogens is 1. The highest BCUT2D eigenvalue weighted by Crippen LogP contribution is 2.36. The summed E-state index contributed by atoms with van der Waals surface area (Å²) in [5, 5.41) is 21.0. The Morgan fingerprint density at radius 3 is 1.75 bits per heavy atom. The third-order valence-corrected chi connectivity index (χ3v) is 7.17. The summed E-state index contributed by atoms with van der Waals surface area (Å²) in [5.74, 6) is -2.16. The number of carbonyl (C=O) groups is 2. The van der Waals surface area contributed by atoms with Crippen LogP contribution < -0.4 is 0 Å². The number of aryl methyl sites for hydroxylation is 1. The van der Waals surface area contributed by atoms with Crippen molar-refractivity contribution in [2.75, 3.05) is 26.2 Å². The molecule has 4 aromatic rings. The Hall–Kier alpha value is -3.94. The van der Waals surface area contributed by atoms with Gasteiger partial charge in [0.25, 0.3) is 0 Å². The van der Waals surface area contributed by atoms with Gasteiger partial charge >= 0.3 is 11.9 Å². The zero-order valence-electron chi connectivity index (χ0n) is 20.1. The predicted octanol–water partition coefficient (Wildman–Crippen LogP) is 4.41. The summed E-state index contributed by atoms with van der Waals surface area (Å²) in [6.45, 7) is 2.33. The topological polar surface area (TPSA) is 86.0 Å². The molecule has 0 saturated carbocycles. The second kappa shape index (κ2) is 9.97. The molecular formula is C29H29N3O4. The lowest BCUT2D eigenvalue weighted by atomic mass is 9.95. The van der Waals surface area contributed by atoms with Crippen LogP contribution in [0.2, 0.25) is 0 Å². The number of piperazine rings is 1. The predicted molar refractivity (Wildman–Crippen MR) is 138 cm³/mol. The fourth-order valence-corrected chi connectivity index (χ4v) is 5.56. The van der Waals surface area contributed by atoms with Crippen LogP contribution in [0.3, 0.4) is 0 Å². The van der Waals surface area contributed by atoms with E-state index in [9.17, 15) is 19.8 Å². The van der Waals surface area contributed by atoms with Crippen molar-refractivity contribution in [2.45, 2.75) is 12.1 Å². The number of carboxylic acid groups (broad SMARTS) is 2. The first-order valence-electron chi connectivity index (χ1n) is 12.1. The van der Waals surface area contributed by atoms with Gasteiger partial charge in [-0.1, -0.05) is 78.9 Å². The molecule has 1 aromatic heterocycles. The summed E-state index contributed by atoms with van der Waals surface area (Å²) < 4.78 is 1.58. The molecule has 184 valence electrons. The van der Waals surface area contributed by atoms with E-state index >= 15 is 0 Å². The highest BCUT2D eigenvalue weighted by molar-refractivity contribution is 6.01. The standard InChI is InChI=1S/C29H29N3O4/c1-30-23-15-9-8-14-22(23)24(26(30)28(33)34)27(29(35)36)32-18-16-31(17-19-32)25(20-10-4-2-5-11-20)21-12-6-3-7-13-21/h2-15,25,27H,16-19H2,1H3,(H,33,34)(H,35,36). The van der Waals surface area contributed by atoms with Crippen LogP contribution in [-0.2, 0) is 11.8 Å². The van der Waals surface area contributed by atoms with Crippen LogP contribution in [0, 0.1) is 0 Å². The second-order valence-corrected chi connectivity index (χ2v) is 9.18. The minimum absolute atomic E-state index is 0.0254. The molecule has 0 amide bonds. The molecule has 7 nitrogen and oxygen atoms in total. The maximum Gasteiger partial charge on any atom is 0.352 e. The summed E-state index contributed by atoms with van der Waals surface area (Å²) in [7, 11) is 1.68. The lowest BCUT2D eigenvalue weighted by molar-refractivity contribution is -0.144. The number of aromatic carboxylic acids is 1. The summed E-state index contributed by atoms with van der Waals surface area (Å²) in [4.78, 5) is 29.1. The maximum absolute atomic E-state index is 12.6. The first-order valence-corrected chi connectivity index (χ1v) is 12.1. The van der Waals surface area contributed by atoms with Gasteiger partial charge in [0.2, 0.25) is 0 Å². The van der Waals surface area contributed by atoms with Crippen LogP contribution in [0.4, 0.5) is 0 Å². The minimum atomic E-state index is -1.12. The summed E-state index contributed by atoms with van der Waals surface area (Å²) in [6, 6.07) is 27.0. The Morgan fingerprint density at radius 2 is 1.22 bits per heavy atom. The average Bonchev–Trinajstić information content (AvgIpc) is 3.19. The molecule has 0 spiro atoms. The van der Waals surface area contributed by atoms with Gasteiger partial charge in [0, 0.05) is 49.7 Å². The fraction of sp³-hybridized carbons (Fsp3) is 0.241. The lowest BCUT2D eigenvalue weighted by Gasteiger charge is -2.41. The highest BCUT2D eigenvalue weighted by Gasteiger charge is 2.38. The van der Waals surface area contributed by atoms with Gasteiger partial charge in [0.1, 0.15) is 11.7 Å². The van der Waals surface area contributed by atoms with E-state index in [1.807, 2.05) is 65.6 Å². The Balaban J connectivity index is 1.47. The number of benzene rings is 3. The summed E-state index contributed by atoms with van der Waals surface area (Å²) in [6.07, 6.45) is 0. The van der Waals surface area contributed by atoms with Crippen LogP contribution in [0.1, 0.15) is 39.3 Å². The van der Waals surface area contributed by atoms with Gasteiger partial charge in [-0.3, -0.25) is 14.6 Å². The van der Waals surface area contributed by atoms with Gasteiger partial charge < -0.3 is 14.8 Å². The fourth-order valence-electron chi connectivity index (χ4n) is 5.56. The van der Waals surface area contributed by atoms with Gasteiger partial charge in [0.05, 0.1) is 6.04 Å². The van der Waals surface area contributed by atoms with Crippen LogP contribution in [-0.4, -0.2) is 62.7 Å². The zero-order valence-corrected chi connectivity index (χ0v) is 20.1. The van der Waals surface area contributed by atoms with Crippen molar-refractivity contribution in [2.24, 2.45) is 7.05 Å². The molecule has 2 N–H and O–H groups in total. The Bertz CT molecular complexity index is 1340. The molecule has 7 heteroatoms. The van der Waals surface area contributed by atoms with E-state index in [4.69, 9.17) is 0 Å². The number of hydrogen-bond acceptors (Lipinski definition) is 4. The number of aliphatic carboxylic acids is 1. The van der Waals surface area contributed by atoms with Crippen molar-refractivity contribution in [1.29, 1.82) is 0 Å². The van der Waals surface area contributed by atoms with E-state index in [0.717, 1.165) is 0 Å². The SMILES string of the molecule is Cn1c(C(=O)O)c(C(C(=O)O)N2CCN(C(c3ccccc3)c3ccccc3)CC2)c2ccccc21. The van der Waals surface area contributed by atoms with Crippen LogP contribution in [0.25, 0.3) is 10.9 Å². The van der Waals surface area contributed by atoms with Gasteiger partial charge in [0.15, 0.2) is 0 Å². The lowest BCUT2D eigenvalue weighted by Crippen LogP contribution is -2.50. The molecule has 1 aliphatic rings. The van der Waals surface area contributed by atoms with Gasteiger partial charge in [-0.25, -0.2) is 4.79 Å². The summed E-state index contributed by atoms with van der Waals surface area (Å²) >= 11 is 0. The molecule has 0 aliphatic carbocycles. The molecule has 1 aliphatic heterocycles. The quantitative estimate of drug-likeness (QED) is 0.405. The monoisotopic (exact) mass is 483 g/mol. The molecule has 5 rings (SSSR count). The second-order valence-electron chi connectivity index (χ2n) is 9.18. The Kier molecular flexibility index (Phi) is 6.59. The highest BCUT2D eigenvalue weighted by atomic mass is 16.4. The largest absolute Gasteiger partial charge is 0.480 e. The van der Waals surface area contributed by atoms with E-state index in [1.165, 1.54) is 11.1 Å². The number of hydrogen-bond donors (Lipinski definition) is 2. The van der Waals surface area contributed by atoms with Crippen LogP contribution >= 0.6 is 0 Å². The molecule has 3 aromatic carbocycles. The number of para-hydroxylation sites is 1. The molecule has 0 radical (unpaired) electrons. The van der Waals surface area contributed by atoms with E-state index in [0.29, 0.717) is 42.6 Å². The van der Waals surface area contributed by atoms with Crippen molar-refractivity contribution in [3.63, 3.8) is 0 Å². The molecule has 36 heavy (non-hydrogen) atoms. The van der Waals surface area contributed by atoms with Crippen LogP contribution in [0.15, 0.2) is 84.9 Å². The van der Waals surface area contributed by atoms with Crippen molar-refractivity contribution in [1.82, 2.24) is 14.4 Å². The zero-order chi connectivity index (χ0) is 25.2. The normalized spacial score (nSPS) is 15.8. The number of nitrogens with zero attached hydrogens (tertiary/aromatic N) is 3. The summed E-state index contributed by atoms with van der Waals surface area (Å²) in [5.41, 5.74) is 3.47. The first-order chi connectivity index (χ1) is 17.5. The first kappa shape index (κ1) is 23.8. The van der Waals surface area contributed by atoms with Crippen molar-refractivity contribution in [3.05, 3.63) is 107 Å². The number of carboxylic acids is 2. The minimum Gasteiger partial charge on any atom is -0.480 e. The molecule has 1 fully saturated rings. The van der Waals surface area contributed by atoms with E-state index in [-0.39, 0.29) is 11.7 Å². The molecule has 1 atom stereocenters. The van der Waals surface area contributed by atoms with Gasteiger partial charge in [-0.15, -0.1) is 0 Å². The van der Waals surface area contributed by atoms with Gasteiger partial charge in [-0.2, -0.15) is 0 Å². The van der Waals surface area contributed by atoms with Crippen molar-refractivity contribution in [3.8, 4) is 0 Å². The Morgan fingerprint density at radius 1 is 0.722 bits per heavy atom. The Labute approximate surface area is 209 Å².